The highest BCUT2D eigenvalue weighted by Gasteiger charge is 2.26. The number of carbonyl (C=O) groups excluding carboxylic acids is 1. The van der Waals surface area contributed by atoms with Crippen LogP contribution < -0.4 is 16.6 Å². The molecule has 3 aromatic rings. The molecule has 0 bridgehead atoms. The Balaban J connectivity index is 1.49. The Labute approximate surface area is 189 Å². The Morgan fingerprint density at radius 1 is 1.26 bits per heavy atom. The molecular formula is C22H27N5O2S2. The second-order valence-corrected chi connectivity index (χ2v) is 10.2. The first-order valence-corrected chi connectivity index (χ1v) is 12.2. The van der Waals surface area contributed by atoms with E-state index in [0.29, 0.717) is 28.9 Å². The van der Waals surface area contributed by atoms with E-state index in [1.807, 2.05) is 28.4 Å². The Morgan fingerprint density at radius 2 is 2.03 bits per heavy atom. The molecule has 0 aliphatic heterocycles. The number of nitrogens with two attached hydrogens (primary N) is 1. The van der Waals surface area contributed by atoms with Gasteiger partial charge in [-0.15, -0.1) is 11.3 Å². The molecule has 1 saturated carbocycles. The number of hydrogen-bond acceptors (Lipinski definition) is 7. The van der Waals surface area contributed by atoms with E-state index in [1.165, 1.54) is 22.9 Å². The topological polar surface area (TPSA) is 103 Å². The van der Waals surface area contributed by atoms with Crippen LogP contribution in [-0.4, -0.2) is 25.9 Å². The van der Waals surface area contributed by atoms with E-state index < -0.39 is 5.91 Å². The average molecular weight is 458 g/mol. The maximum atomic E-state index is 13.1. The van der Waals surface area contributed by atoms with E-state index in [-0.39, 0.29) is 11.6 Å². The van der Waals surface area contributed by atoms with Crippen LogP contribution in [0.1, 0.15) is 60.1 Å². The molecule has 0 unspecified atom stereocenters. The highest BCUT2D eigenvalue weighted by Crippen LogP contribution is 2.36. The number of nitrogens with one attached hydrogen (secondary N) is 1. The minimum atomic E-state index is -0.419. The molecule has 1 amide bonds. The van der Waals surface area contributed by atoms with E-state index in [0.717, 1.165) is 41.8 Å². The Kier molecular flexibility index (Phi) is 6.52. The van der Waals surface area contributed by atoms with Crippen LogP contribution in [0.25, 0.3) is 11.1 Å². The van der Waals surface area contributed by atoms with Gasteiger partial charge in [0.15, 0.2) is 0 Å². The SMILES string of the molecule is CC(C)Cn1cc(-c2cnsc2)cc(NC2CCC(c3ncc(C(N)=O)s3)CC2)c1=O. The van der Waals surface area contributed by atoms with Crippen molar-refractivity contribution in [2.45, 2.75) is 58.0 Å². The molecule has 1 aliphatic rings. The molecule has 0 spiro atoms. The molecular weight excluding hydrogens is 430 g/mol. The summed E-state index contributed by atoms with van der Waals surface area (Å²) in [6.45, 7) is 4.90. The molecule has 31 heavy (non-hydrogen) atoms. The predicted octanol–water partition coefficient (Wildman–Crippen LogP) is 4.32. The van der Waals surface area contributed by atoms with E-state index in [1.54, 1.807) is 6.20 Å². The van der Waals surface area contributed by atoms with Crippen LogP contribution in [0.3, 0.4) is 0 Å². The number of carbonyl (C=O) groups is 1. The van der Waals surface area contributed by atoms with Crippen LogP contribution >= 0.6 is 22.9 Å². The van der Waals surface area contributed by atoms with Crippen molar-refractivity contribution >= 4 is 34.5 Å². The number of amides is 1. The van der Waals surface area contributed by atoms with Crippen LogP contribution in [-0.2, 0) is 6.54 Å². The van der Waals surface area contributed by atoms with Crippen molar-refractivity contribution in [1.29, 1.82) is 0 Å². The Bertz CT molecular complexity index is 1100. The second kappa shape index (κ2) is 9.32. The van der Waals surface area contributed by atoms with E-state index in [2.05, 4.69) is 28.5 Å². The summed E-state index contributed by atoms with van der Waals surface area (Å²) in [6, 6.07) is 2.19. The second-order valence-electron chi connectivity index (χ2n) is 8.53. The largest absolute Gasteiger partial charge is 0.378 e. The fraction of sp³-hybridized carbons (Fsp3) is 0.455. The lowest BCUT2D eigenvalue weighted by atomic mass is 9.86. The summed E-state index contributed by atoms with van der Waals surface area (Å²) < 4.78 is 6.02. The van der Waals surface area contributed by atoms with Gasteiger partial charge in [-0.1, -0.05) is 13.8 Å². The minimum Gasteiger partial charge on any atom is -0.378 e. The smallest absolute Gasteiger partial charge is 0.273 e. The molecule has 3 heterocycles. The van der Waals surface area contributed by atoms with Gasteiger partial charge in [0.05, 0.1) is 11.2 Å². The standard InChI is InChI=1S/C22H27N5O2S2/c1-13(2)10-27-11-15(16-8-25-30-12-16)7-18(22(27)29)26-17-5-3-14(4-6-17)21-24-9-19(31-21)20(23)28/h7-9,11-14,17,26H,3-6,10H2,1-2H3,(H2,23,28). The molecule has 0 radical (unpaired) electrons. The van der Waals surface area contributed by atoms with Crippen LogP contribution in [0.15, 0.2) is 34.8 Å². The van der Waals surface area contributed by atoms with Gasteiger partial charge in [-0.3, -0.25) is 9.59 Å². The number of thiazole rings is 1. The first-order valence-electron chi connectivity index (χ1n) is 10.6. The highest BCUT2D eigenvalue weighted by atomic mass is 32.1. The van der Waals surface area contributed by atoms with Crippen LogP contribution in [0.2, 0.25) is 0 Å². The Morgan fingerprint density at radius 3 is 2.65 bits per heavy atom. The van der Waals surface area contributed by atoms with Gasteiger partial charge in [-0.25, -0.2) is 9.36 Å². The maximum absolute atomic E-state index is 13.1. The van der Waals surface area contributed by atoms with Gasteiger partial charge in [0, 0.05) is 47.4 Å². The van der Waals surface area contributed by atoms with Crippen molar-refractivity contribution in [2.24, 2.45) is 11.7 Å². The van der Waals surface area contributed by atoms with Crippen LogP contribution in [0.4, 0.5) is 5.69 Å². The number of rotatable bonds is 7. The molecule has 3 N–H and O–H groups in total. The number of hydrogen-bond donors (Lipinski definition) is 2. The number of primary amides is 1. The monoisotopic (exact) mass is 457 g/mol. The third kappa shape index (κ3) is 5.04. The maximum Gasteiger partial charge on any atom is 0.273 e. The lowest BCUT2D eigenvalue weighted by molar-refractivity contribution is 0.100. The molecule has 0 aromatic carbocycles. The third-order valence-electron chi connectivity index (χ3n) is 5.62. The van der Waals surface area contributed by atoms with Crippen molar-refractivity contribution in [1.82, 2.24) is 13.9 Å². The van der Waals surface area contributed by atoms with E-state index in [4.69, 9.17) is 5.73 Å². The molecule has 7 nitrogen and oxygen atoms in total. The van der Waals surface area contributed by atoms with Crippen molar-refractivity contribution in [2.75, 3.05) is 5.32 Å². The molecule has 9 heteroatoms. The lowest BCUT2D eigenvalue weighted by Gasteiger charge is -2.29. The zero-order valence-electron chi connectivity index (χ0n) is 17.7. The molecule has 1 aliphatic carbocycles. The van der Waals surface area contributed by atoms with Crippen molar-refractivity contribution in [3.8, 4) is 11.1 Å². The summed E-state index contributed by atoms with van der Waals surface area (Å²) in [7, 11) is 0. The van der Waals surface area contributed by atoms with Gasteiger partial charge >= 0.3 is 0 Å². The van der Waals surface area contributed by atoms with Gasteiger partial charge < -0.3 is 15.6 Å². The summed E-state index contributed by atoms with van der Waals surface area (Å²) in [4.78, 5) is 29.3. The van der Waals surface area contributed by atoms with Crippen LogP contribution in [0.5, 0.6) is 0 Å². The van der Waals surface area contributed by atoms with Crippen LogP contribution in [0, 0.1) is 5.92 Å². The Hall–Kier alpha value is -2.52. The zero-order chi connectivity index (χ0) is 22.0. The number of pyridine rings is 1. The lowest BCUT2D eigenvalue weighted by Crippen LogP contribution is -2.31. The minimum absolute atomic E-state index is 0.0220. The van der Waals surface area contributed by atoms with Gasteiger partial charge in [0.25, 0.3) is 11.5 Å². The predicted molar refractivity (Wildman–Crippen MR) is 126 cm³/mol. The van der Waals surface area contributed by atoms with Crippen molar-refractivity contribution in [3.05, 3.63) is 50.3 Å². The van der Waals surface area contributed by atoms with Gasteiger partial charge in [-0.2, -0.15) is 0 Å². The summed E-state index contributed by atoms with van der Waals surface area (Å²) in [5, 5.41) is 6.51. The summed E-state index contributed by atoms with van der Waals surface area (Å²) in [5.41, 5.74) is 8.07. The molecule has 164 valence electrons. The zero-order valence-corrected chi connectivity index (χ0v) is 19.3. The van der Waals surface area contributed by atoms with Crippen molar-refractivity contribution in [3.63, 3.8) is 0 Å². The molecule has 4 rings (SSSR count). The average Bonchev–Trinajstić information content (AvgIpc) is 3.43. The fourth-order valence-corrected chi connectivity index (χ4v) is 5.55. The molecule has 0 atom stereocenters. The normalized spacial score (nSPS) is 18.9. The molecule has 1 fully saturated rings. The van der Waals surface area contributed by atoms with Crippen molar-refractivity contribution < 1.29 is 4.79 Å². The molecule has 0 saturated heterocycles. The quantitative estimate of drug-likeness (QED) is 0.550. The molecule has 3 aromatic heterocycles. The highest BCUT2D eigenvalue weighted by molar-refractivity contribution is 7.13. The third-order valence-corrected chi connectivity index (χ3v) is 7.38. The van der Waals surface area contributed by atoms with E-state index in [9.17, 15) is 9.59 Å². The fourth-order valence-electron chi connectivity index (χ4n) is 4.07. The van der Waals surface area contributed by atoms with E-state index >= 15 is 0 Å². The summed E-state index contributed by atoms with van der Waals surface area (Å²) >= 11 is 2.81. The van der Waals surface area contributed by atoms with Gasteiger partial charge in [0.1, 0.15) is 10.6 Å². The summed E-state index contributed by atoms with van der Waals surface area (Å²) in [6.07, 6.45) is 9.19. The van der Waals surface area contributed by atoms with Gasteiger partial charge in [0.2, 0.25) is 0 Å². The van der Waals surface area contributed by atoms with Gasteiger partial charge in [-0.05, 0) is 49.2 Å². The first kappa shape index (κ1) is 21.7. The number of nitrogens with zero attached hydrogens (tertiary/aromatic N) is 3. The number of anilines is 1. The first-order chi connectivity index (χ1) is 14.9. The number of aromatic nitrogens is 3. The summed E-state index contributed by atoms with van der Waals surface area (Å²) in [5.74, 6) is 0.301.